The van der Waals surface area contributed by atoms with Crippen LogP contribution >= 0.6 is 11.8 Å². The molecule has 19 heavy (non-hydrogen) atoms. The first-order valence-corrected chi connectivity index (χ1v) is 7.57. The van der Waals surface area contributed by atoms with Gasteiger partial charge in [0.1, 0.15) is 0 Å². The van der Waals surface area contributed by atoms with Crippen molar-refractivity contribution in [3.05, 3.63) is 42.5 Å². The highest BCUT2D eigenvalue weighted by molar-refractivity contribution is 7.99. The normalized spacial score (nSPS) is 12.3. The first-order chi connectivity index (χ1) is 9.33. The Labute approximate surface area is 118 Å². The van der Waals surface area contributed by atoms with Gasteiger partial charge >= 0.3 is 0 Å². The highest BCUT2D eigenvalue weighted by Crippen LogP contribution is 2.47. The van der Waals surface area contributed by atoms with Gasteiger partial charge < -0.3 is 10.2 Å². The van der Waals surface area contributed by atoms with Crippen molar-refractivity contribution in [3.63, 3.8) is 0 Å². The van der Waals surface area contributed by atoms with Crippen molar-refractivity contribution < 1.29 is 0 Å². The molecule has 1 aliphatic heterocycles. The molecule has 2 nitrogen and oxygen atoms in total. The molecule has 98 valence electrons. The third-order valence-electron chi connectivity index (χ3n) is 3.48. The van der Waals surface area contributed by atoms with Gasteiger partial charge in [-0.15, -0.1) is 0 Å². The first kappa shape index (κ1) is 12.4. The number of rotatable bonds is 3. The second-order valence-corrected chi connectivity index (χ2v) is 5.63. The zero-order chi connectivity index (χ0) is 13.2. The van der Waals surface area contributed by atoms with Gasteiger partial charge in [0.05, 0.1) is 17.1 Å². The summed E-state index contributed by atoms with van der Waals surface area (Å²) in [5, 5.41) is 3.60. The summed E-state index contributed by atoms with van der Waals surface area (Å²) in [6, 6.07) is 15.0. The Bertz CT molecular complexity index is 591. The van der Waals surface area contributed by atoms with Crippen LogP contribution in [0.25, 0.3) is 0 Å². The Hall–Kier alpha value is -1.61. The van der Waals surface area contributed by atoms with Gasteiger partial charge in [0.25, 0.3) is 0 Å². The lowest BCUT2D eigenvalue weighted by atomic mass is 10.2. The lowest BCUT2D eigenvalue weighted by molar-refractivity contribution is 0.865. The maximum atomic E-state index is 3.60. The van der Waals surface area contributed by atoms with E-state index in [1.165, 1.54) is 26.9 Å². The van der Waals surface area contributed by atoms with Crippen LogP contribution in [0.2, 0.25) is 0 Å². The summed E-state index contributed by atoms with van der Waals surface area (Å²) in [5.74, 6) is 0. The molecule has 1 aliphatic rings. The molecule has 0 aromatic heterocycles. The van der Waals surface area contributed by atoms with E-state index in [0.717, 1.165) is 13.1 Å². The number of nitrogens with one attached hydrogen (secondary N) is 1. The molecule has 3 rings (SSSR count). The number of anilines is 3. The minimum Gasteiger partial charge on any atom is -0.370 e. The summed E-state index contributed by atoms with van der Waals surface area (Å²) in [6.45, 7) is 6.46. The van der Waals surface area contributed by atoms with Crippen LogP contribution < -0.4 is 10.2 Å². The van der Waals surface area contributed by atoms with Gasteiger partial charge in [-0.05, 0) is 38.1 Å². The minimum atomic E-state index is 1.03. The molecule has 0 aliphatic carbocycles. The lowest BCUT2D eigenvalue weighted by Crippen LogP contribution is -2.23. The summed E-state index contributed by atoms with van der Waals surface area (Å²) in [6.07, 6.45) is 0. The van der Waals surface area contributed by atoms with E-state index < -0.39 is 0 Å². The predicted molar refractivity (Wildman–Crippen MR) is 83.9 cm³/mol. The van der Waals surface area contributed by atoms with Crippen LogP contribution in [0, 0.1) is 0 Å². The Morgan fingerprint density at radius 3 is 2.47 bits per heavy atom. The fourth-order valence-corrected chi connectivity index (χ4v) is 3.49. The van der Waals surface area contributed by atoms with Crippen molar-refractivity contribution in [2.24, 2.45) is 0 Å². The summed E-state index contributed by atoms with van der Waals surface area (Å²) >= 11 is 1.85. The molecule has 0 atom stereocenters. The minimum absolute atomic E-state index is 1.03. The molecule has 0 saturated carbocycles. The number of benzene rings is 2. The van der Waals surface area contributed by atoms with Gasteiger partial charge in [-0.2, -0.15) is 0 Å². The Morgan fingerprint density at radius 1 is 0.947 bits per heavy atom. The standard InChI is InChI=1S/C16H18N2S/c1-3-18(4-2)13-9-7-11-15-16(13)17-12-8-5-6-10-14(12)19-15/h5-11,17H,3-4H2,1-2H3. The number of para-hydroxylation sites is 2. The Balaban J connectivity index is 2.06. The van der Waals surface area contributed by atoms with Crippen LogP contribution in [0.3, 0.4) is 0 Å². The van der Waals surface area contributed by atoms with E-state index in [1.807, 2.05) is 11.8 Å². The molecule has 0 saturated heterocycles. The molecular formula is C16H18N2S. The predicted octanol–water partition coefficient (Wildman–Crippen LogP) is 4.74. The maximum Gasteiger partial charge on any atom is 0.0764 e. The molecular weight excluding hydrogens is 252 g/mol. The van der Waals surface area contributed by atoms with Crippen molar-refractivity contribution in [3.8, 4) is 0 Å². The highest BCUT2D eigenvalue weighted by Gasteiger charge is 2.19. The average molecular weight is 270 g/mol. The van der Waals surface area contributed by atoms with Crippen LogP contribution in [0.5, 0.6) is 0 Å². The van der Waals surface area contributed by atoms with Crippen LogP contribution in [-0.2, 0) is 0 Å². The molecule has 0 radical (unpaired) electrons. The van der Waals surface area contributed by atoms with Gasteiger partial charge in [0, 0.05) is 22.9 Å². The highest BCUT2D eigenvalue weighted by atomic mass is 32.2. The molecule has 0 spiro atoms. The molecule has 1 heterocycles. The fourth-order valence-electron chi connectivity index (χ4n) is 2.47. The van der Waals surface area contributed by atoms with E-state index in [4.69, 9.17) is 0 Å². The average Bonchev–Trinajstić information content (AvgIpc) is 2.46. The zero-order valence-electron chi connectivity index (χ0n) is 11.3. The number of nitrogens with zero attached hydrogens (tertiary/aromatic N) is 1. The van der Waals surface area contributed by atoms with E-state index in [-0.39, 0.29) is 0 Å². The lowest BCUT2D eigenvalue weighted by Gasteiger charge is -2.29. The van der Waals surface area contributed by atoms with Gasteiger partial charge in [0.15, 0.2) is 0 Å². The van der Waals surface area contributed by atoms with E-state index in [9.17, 15) is 0 Å². The van der Waals surface area contributed by atoms with Gasteiger partial charge in [0.2, 0.25) is 0 Å². The van der Waals surface area contributed by atoms with Gasteiger partial charge in [-0.3, -0.25) is 0 Å². The molecule has 0 unspecified atom stereocenters. The van der Waals surface area contributed by atoms with Crippen molar-refractivity contribution in [2.75, 3.05) is 23.3 Å². The Morgan fingerprint density at radius 2 is 1.68 bits per heavy atom. The van der Waals surface area contributed by atoms with Crippen LogP contribution in [-0.4, -0.2) is 13.1 Å². The van der Waals surface area contributed by atoms with Gasteiger partial charge in [-0.25, -0.2) is 0 Å². The summed E-state index contributed by atoms with van der Waals surface area (Å²) in [7, 11) is 0. The molecule has 3 heteroatoms. The molecule has 2 aromatic rings. The number of hydrogen-bond donors (Lipinski definition) is 1. The smallest absolute Gasteiger partial charge is 0.0764 e. The van der Waals surface area contributed by atoms with E-state index >= 15 is 0 Å². The van der Waals surface area contributed by atoms with E-state index in [0.29, 0.717) is 0 Å². The van der Waals surface area contributed by atoms with Crippen LogP contribution in [0.1, 0.15) is 13.8 Å². The maximum absolute atomic E-state index is 3.60. The fraction of sp³-hybridized carbons (Fsp3) is 0.250. The third kappa shape index (κ3) is 2.19. The third-order valence-corrected chi connectivity index (χ3v) is 4.61. The first-order valence-electron chi connectivity index (χ1n) is 6.75. The summed E-state index contributed by atoms with van der Waals surface area (Å²) in [4.78, 5) is 5.00. The molecule has 0 fully saturated rings. The van der Waals surface area contributed by atoms with Crippen LogP contribution in [0.4, 0.5) is 17.1 Å². The number of fused-ring (bicyclic) bond motifs is 2. The second kappa shape index (κ2) is 5.17. The van der Waals surface area contributed by atoms with Crippen molar-refractivity contribution in [2.45, 2.75) is 23.6 Å². The topological polar surface area (TPSA) is 15.3 Å². The van der Waals surface area contributed by atoms with Crippen LogP contribution in [0.15, 0.2) is 52.3 Å². The largest absolute Gasteiger partial charge is 0.370 e. The zero-order valence-corrected chi connectivity index (χ0v) is 12.1. The van der Waals surface area contributed by atoms with Crippen molar-refractivity contribution >= 4 is 28.8 Å². The van der Waals surface area contributed by atoms with E-state index in [2.05, 4.69) is 66.5 Å². The quantitative estimate of drug-likeness (QED) is 0.740. The molecule has 0 bridgehead atoms. The molecule has 2 aromatic carbocycles. The monoisotopic (exact) mass is 270 g/mol. The SMILES string of the molecule is CCN(CC)c1cccc2c1Nc1ccccc1S2. The van der Waals surface area contributed by atoms with E-state index in [1.54, 1.807) is 0 Å². The van der Waals surface area contributed by atoms with Crippen molar-refractivity contribution in [1.82, 2.24) is 0 Å². The molecule has 1 N–H and O–H groups in total. The Kier molecular flexibility index (Phi) is 3.38. The summed E-state index contributed by atoms with van der Waals surface area (Å²) < 4.78 is 0. The number of hydrogen-bond acceptors (Lipinski definition) is 3. The summed E-state index contributed by atoms with van der Waals surface area (Å²) in [5.41, 5.74) is 3.75. The second-order valence-electron chi connectivity index (χ2n) is 4.55. The van der Waals surface area contributed by atoms with Gasteiger partial charge in [-0.1, -0.05) is 30.0 Å². The van der Waals surface area contributed by atoms with Crippen molar-refractivity contribution in [1.29, 1.82) is 0 Å². The molecule has 0 amide bonds.